The van der Waals surface area contributed by atoms with Gasteiger partial charge in [-0.2, -0.15) is 0 Å². The first kappa shape index (κ1) is 12.3. The Morgan fingerprint density at radius 3 is 2.61 bits per heavy atom. The van der Waals surface area contributed by atoms with E-state index in [9.17, 15) is 15.0 Å². The van der Waals surface area contributed by atoms with E-state index in [0.29, 0.717) is 26.1 Å². The maximum absolute atomic E-state index is 11.9. The highest BCUT2D eigenvalue weighted by atomic mass is 16.7. The Balaban J connectivity index is 1.85. The number of piperidine rings is 1. The van der Waals surface area contributed by atoms with E-state index >= 15 is 0 Å². The third kappa shape index (κ3) is 1.67. The molecule has 0 aromatic carbocycles. The van der Waals surface area contributed by atoms with Crippen LogP contribution in [0.3, 0.4) is 0 Å². The van der Waals surface area contributed by atoms with Gasteiger partial charge < -0.3 is 24.6 Å². The predicted octanol–water partition coefficient (Wildman–Crippen LogP) is -0.766. The van der Waals surface area contributed by atoms with Crippen molar-refractivity contribution in [3.8, 4) is 0 Å². The van der Waals surface area contributed by atoms with Crippen molar-refractivity contribution in [1.82, 2.24) is 4.90 Å². The smallest absolute Gasteiger partial charge is 0.254 e. The summed E-state index contributed by atoms with van der Waals surface area (Å²) in [5.41, 5.74) is 0. The van der Waals surface area contributed by atoms with Gasteiger partial charge in [0, 0.05) is 18.9 Å². The molecule has 0 aromatic rings. The molecule has 3 fully saturated rings. The number of nitrogens with zero attached hydrogens (tertiary/aromatic N) is 1. The highest BCUT2D eigenvalue weighted by Crippen LogP contribution is 2.41. The number of fused-ring (bicyclic) bond motifs is 1. The van der Waals surface area contributed by atoms with Gasteiger partial charge in [-0.05, 0) is 13.3 Å². The summed E-state index contributed by atoms with van der Waals surface area (Å²) in [6.45, 7) is 3.19. The molecule has 2 N–H and O–H groups in total. The van der Waals surface area contributed by atoms with Gasteiger partial charge in [0.15, 0.2) is 11.9 Å². The molecular weight excluding hydrogens is 238 g/mol. The summed E-state index contributed by atoms with van der Waals surface area (Å²) in [5, 5.41) is 19.7. The molecule has 0 bridgehead atoms. The van der Waals surface area contributed by atoms with E-state index in [0.717, 1.165) is 6.42 Å². The van der Waals surface area contributed by atoms with Crippen molar-refractivity contribution >= 4 is 5.91 Å². The summed E-state index contributed by atoms with van der Waals surface area (Å²) in [5.74, 6) is -1.07. The topological polar surface area (TPSA) is 79.2 Å². The average molecular weight is 257 g/mol. The molecule has 3 rings (SSSR count). The van der Waals surface area contributed by atoms with Crippen LogP contribution in [0.25, 0.3) is 0 Å². The maximum atomic E-state index is 11.9. The molecule has 3 aliphatic rings. The van der Waals surface area contributed by atoms with E-state index in [4.69, 9.17) is 9.47 Å². The van der Waals surface area contributed by atoms with Crippen LogP contribution >= 0.6 is 0 Å². The van der Waals surface area contributed by atoms with E-state index in [2.05, 4.69) is 0 Å². The summed E-state index contributed by atoms with van der Waals surface area (Å²) in [6, 6.07) is -0.504. The van der Waals surface area contributed by atoms with Gasteiger partial charge in [-0.15, -0.1) is 0 Å². The number of ether oxygens (including phenoxy) is 2. The zero-order valence-corrected chi connectivity index (χ0v) is 10.4. The van der Waals surface area contributed by atoms with Crippen LogP contribution in [-0.4, -0.2) is 64.3 Å². The van der Waals surface area contributed by atoms with Crippen LogP contribution in [0.1, 0.15) is 26.2 Å². The first-order valence-electron chi connectivity index (χ1n) is 6.50. The summed E-state index contributed by atoms with van der Waals surface area (Å²) in [6.07, 6.45) is -0.465. The van der Waals surface area contributed by atoms with E-state index < -0.39 is 24.0 Å². The van der Waals surface area contributed by atoms with Crippen molar-refractivity contribution in [3.63, 3.8) is 0 Å². The first-order valence-corrected chi connectivity index (χ1v) is 6.50. The van der Waals surface area contributed by atoms with Gasteiger partial charge in [0.05, 0.1) is 19.3 Å². The molecule has 18 heavy (non-hydrogen) atoms. The zero-order valence-electron chi connectivity index (χ0n) is 10.4. The lowest BCUT2D eigenvalue weighted by Crippen LogP contribution is -2.58. The van der Waals surface area contributed by atoms with Crippen molar-refractivity contribution in [1.29, 1.82) is 0 Å². The highest BCUT2D eigenvalue weighted by Gasteiger charge is 2.56. The third-order valence-electron chi connectivity index (χ3n) is 4.20. The molecule has 3 saturated heterocycles. The minimum absolute atomic E-state index is 0.0962. The van der Waals surface area contributed by atoms with Gasteiger partial charge in [0.25, 0.3) is 5.91 Å². The summed E-state index contributed by atoms with van der Waals surface area (Å²) >= 11 is 0. The SMILES string of the molecule is C[C@@H]1CC2(C[C@@H]3[C@@H](O)[C@H](O)C(=O)N13)OCCCO2. The number of aliphatic hydroxyl groups is 2. The fraction of sp³-hybridized carbons (Fsp3) is 0.917. The molecular formula is C12H19NO5. The van der Waals surface area contributed by atoms with E-state index in [1.165, 1.54) is 0 Å². The fourth-order valence-corrected chi connectivity index (χ4v) is 3.40. The minimum Gasteiger partial charge on any atom is -0.388 e. The van der Waals surface area contributed by atoms with Crippen molar-refractivity contribution in [2.24, 2.45) is 0 Å². The van der Waals surface area contributed by atoms with Crippen molar-refractivity contribution in [2.45, 2.75) is 56.3 Å². The van der Waals surface area contributed by atoms with Crippen LogP contribution < -0.4 is 0 Å². The molecule has 4 atom stereocenters. The lowest BCUT2D eigenvalue weighted by atomic mass is 9.89. The van der Waals surface area contributed by atoms with Crippen molar-refractivity contribution in [2.75, 3.05) is 13.2 Å². The van der Waals surface area contributed by atoms with Crippen LogP contribution in [-0.2, 0) is 14.3 Å². The average Bonchev–Trinajstić information content (AvgIpc) is 2.55. The molecule has 6 nitrogen and oxygen atoms in total. The normalized spacial score (nSPS) is 43.3. The highest BCUT2D eigenvalue weighted by molar-refractivity contribution is 5.85. The monoisotopic (exact) mass is 257 g/mol. The van der Waals surface area contributed by atoms with E-state index in [1.54, 1.807) is 4.90 Å². The van der Waals surface area contributed by atoms with Crippen molar-refractivity contribution < 1.29 is 24.5 Å². The second-order valence-corrected chi connectivity index (χ2v) is 5.47. The Bertz CT molecular complexity index is 354. The van der Waals surface area contributed by atoms with Crippen molar-refractivity contribution in [3.05, 3.63) is 0 Å². The Kier molecular flexibility index (Phi) is 2.85. The number of hydrogen-bond acceptors (Lipinski definition) is 5. The van der Waals surface area contributed by atoms with Gasteiger partial charge in [0.1, 0.15) is 6.10 Å². The molecule has 0 saturated carbocycles. The molecule has 3 aliphatic heterocycles. The largest absolute Gasteiger partial charge is 0.388 e. The lowest BCUT2D eigenvalue weighted by Gasteiger charge is -2.48. The van der Waals surface area contributed by atoms with Gasteiger partial charge in [-0.3, -0.25) is 4.79 Å². The predicted molar refractivity (Wildman–Crippen MR) is 60.6 cm³/mol. The number of aliphatic hydroxyl groups excluding tert-OH is 2. The Hall–Kier alpha value is -0.690. The van der Waals surface area contributed by atoms with Crippen LogP contribution in [0, 0.1) is 0 Å². The minimum atomic E-state index is -1.31. The lowest BCUT2D eigenvalue weighted by molar-refractivity contribution is -0.296. The molecule has 1 spiro atoms. The molecule has 102 valence electrons. The van der Waals surface area contributed by atoms with Crippen LogP contribution in [0.15, 0.2) is 0 Å². The van der Waals surface area contributed by atoms with Crippen LogP contribution in [0.5, 0.6) is 0 Å². The van der Waals surface area contributed by atoms with Crippen LogP contribution in [0.4, 0.5) is 0 Å². The number of amides is 1. The Morgan fingerprint density at radius 2 is 1.94 bits per heavy atom. The zero-order chi connectivity index (χ0) is 12.9. The Labute approximate surface area is 105 Å². The van der Waals surface area contributed by atoms with E-state index in [-0.39, 0.29) is 11.9 Å². The van der Waals surface area contributed by atoms with Gasteiger partial charge in [0.2, 0.25) is 0 Å². The van der Waals surface area contributed by atoms with Gasteiger partial charge in [-0.25, -0.2) is 0 Å². The molecule has 0 aliphatic carbocycles. The second-order valence-electron chi connectivity index (χ2n) is 5.47. The molecule has 0 radical (unpaired) electrons. The van der Waals surface area contributed by atoms with Crippen LogP contribution in [0.2, 0.25) is 0 Å². The third-order valence-corrected chi connectivity index (χ3v) is 4.20. The fourth-order valence-electron chi connectivity index (χ4n) is 3.40. The second kappa shape index (κ2) is 4.16. The number of rotatable bonds is 0. The molecule has 0 unspecified atom stereocenters. The standard InChI is InChI=1S/C12H19NO5/c1-7-5-12(17-3-2-4-18-12)6-8-9(14)10(15)11(16)13(7)8/h7-10,14-15H,2-6H2,1H3/t7-,8-,9-,10+/m1/s1. The molecule has 3 heterocycles. The van der Waals surface area contributed by atoms with Gasteiger partial charge in [-0.1, -0.05) is 0 Å². The number of carbonyl (C=O) groups is 1. The molecule has 1 amide bonds. The van der Waals surface area contributed by atoms with Gasteiger partial charge >= 0.3 is 0 Å². The molecule has 0 aromatic heterocycles. The Morgan fingerprint density at radius 1 is 1.28 bits per heavy atom. The van der Waals surface area contributed by atoms with E-state index in [1.807, 2.05) is 6.92 Å². The molecule has 6 heteroatoms. The summed E-state index contributed by atoms with van der Waals surface area (Å²) in [4.78, 5) is 13.5. The summed E-state index contributed by atoms with van der Waals surface area (Å²) < 4.78 is 11.5. The maximum Gasteiger partial charge on any atom is 0.254 e. The number of hydrogen-bond donors (Lipinski definition) is 2. The first-order chi connectivity index (χ1) is 8.54. The quantitative estimate of drug-likeness (QED) is 0.596. The number of carbonyl (C=O) groups excluding carboxylic acids is 1. The summed E-state index contributed by atoms with van der Waals surface area (Å²) in [7, 11) is 0.